The van der Waals surface area contributed by atoms with E-state index in [0.717, 1.165) is 5.56 Å². The number of sulfonamides is 1. The van der Waals surface area contributed by atoms with E-state index in [1.165, 1.54) is 18.5 Å². The fourth-order valence-corrected chi connectivity index (χ4v) is 3.32. The van der Waals surface area contributed by atoms with E-state index in [9.17, 15) is 8.42 Å². The summed E-state index contributed by atoms with van der Waals surface area (Å²) in [5.74, 6) is 0. The number of nitrogens with one attached hydrogen (secondary N) is 1. The van der Waals surface area contributed by atoms with Gasteiger partial charge in [0.05, 0.1) is 10.6 Å². The molecule has 21 heavy (non-hydrogen) atoms. The molecule has 7 heteroatoms. The predicted molar refractivity (Wildman–Crippen MR) is 81.0 cm³/mol. The van der Waals surface area contributed by atoms with Crippen molar-refractivity contribution in [1.82, 2.24) is 4.98 Å². The van der Waals surface area contributed by atoms with Gasteiger partial charge in [0, 0.05) is 11.1 Å². The summed E-state index contributed by atoms with van der Waals surface area (Å²) in [4.78, 5) is 4.07. The minimum Gasteiger partial charge on any atom is -0.443 e. The summed E-state index contributed by atoms with van der Waals surface area (Å²) in [6.07, 6.45) is 1.28. The second kappa shape index (κ2) is 5.05. The summed E-state index contributed by atoms with van der Waals surface area (Å²) in [5.41, 5.74) is 2.26. The summed E-state index contributed by atoms with van der Waals surface area (Å²) in [7, 11) is -3.70. The Labute approximate surface area is 126 Å². The number of aromatic nitrogens is 1. The molecule has 0 radical (unpaired) electrons. The smallest absolute Gasteiger partial charge is 0.262 e. The van der Waals surface area contributed by atoms with Gasteiger partial charge in [0.15, 0.2) is 12.0 Å². The zero-order valence-corrected chi connectivity index (χ0v) is 12.6. The van der Waals surface area contributed by atoms with Gasteiger partial charge in [-0.2, -0.15) is 0 Å². The number of hydrogen-bond donors (Lipinski definition) is 1. The molecule has 5 nitrogen and oxygen atoms in total. The third-order valence-electron chi connectivity index (χ3n) is 3.05. The first-order valence-corrected chi connectivity index (χ1v) is 7.94. The van der Waals surface area contributed by atoms with Crippen LogP contribution < -0.4 is 4.72 Å². The van der Waals surface area contributed by atoms with Crippen LogP contribution in [0.25, 0.3) is 11.1 Å². The zero-order chi connectivity index (χ0) is 15.0. The van der Waals surface area contributed by atoms with Crippen molar-refractivity contribution in [2.24, 2.45) is 0 Å². The van der Waals surface area contributed by atoms with E-state index < -0.39 is 10.0 Å². The Balaban J connectivity index is 1.99. The summed E-state index contributed by atoms with van der Waals surface area (Å²) in [5, 5.41) is 0.554. The monoisotopic (exact) mass is 322 g/mol. The molecule has 108 valence electrons. The molecule has 0 saturated carbocycles. The van der Waals surface area contributed by atoms with Gasteiger partial charge in [0.25, 0.3) is 10.0 Å². The van der Waals surface area contributed by atoms with Crippen LogP contribution in [0.1, 0.15) is 5.56 Å². The van der Waals surface area contributed by atoms with E-state index in [0.29, 0.717) is 21.8 Å². The van der Waals surface area contributed by atoms with Gasteiger partial charge in [0.2, 0.25) is 0 Å². The molecule has 1 aromatic heterocycles. The fourth-order valence-electron chi connectivity index (χ4n) is 1.95. The number of oxazole rings is 1. The molecule has 0 unspecified atom stereocenters. The number of aryl methyl sites for hydroxylation is 1. The van der Waals surface area contributed by atoms with Crippen molar-refractivity contribution in [2.75, 3.05) is 4.72 Å². The van der Waals surface area contributed by atoms with Crippen LogP contribution in [0, 0.1) is 6.92 Å². The fraction of sp³-hybridized carbons (Fsp3) is 0.0714. The van der Waals surface area contributed by atoms with Crippen LogP contribution in [0.4, 0.5) is 5.69 Å². The number of anilines is 1. The Bertz CT molecular complexity index is 919. The molecule has 0 fully saturated rings. The quantitative estimate of drug-likeness (QED) is 0.799. The molecule has 3 aromatic rings. The van der Waals surface area contributed by atoms with Gasteiger partial charge >= 0.3 is 0 Å². The Kier molecular flexibility index (Phi) is 3.35. The molecular weight excluding hydrogens is 312 g/mol. The molecule has 0 aliphatic rings. The lowest BCUT2D eigenvalue weighted by Gasteiger charge is -2.10. The van der Waals surface area contributed by atoms with E-state index in [4.69, 9.17) is 16.0 Å². The standard InChI is InChI=1S/C14H11ClN2O3S/c1-9-6-10(15)2-4-12(9)17-21(18,19)11-3-5-13-14(7-11)20-8-16-13/h2-8,17H,1H3. The Morgan fingerprint density at radius 3 is 2.76 bits per heavy atom. The van der Waals surface area contributed by atoms with Crippen molar-refractivity contribution in [2.45, 2.75) is 11.8 Å². The van der Waals surface area contributed by atoms with Crippen molar-refractivity contribution in [1.29, 1.82) is 0 Å². The van der Waals surface area contributed by atoms with Crippen molar-refractivity contribution >= 4 is 38.4 Å². The number of halogens is 1. The number of nitrogens with zero attached hydrogens (tertiary/aromatic N) is 1. The minimum absolute atomic E-state index is 0.112. The number of fused-ring (bicyclic) bond motifs is 1. The van der Waals surface area contributed by atoms with E-state index in [1.807, 2.05) is 0 Å². The van der Waals surface area contributed by atoms with Crippen LogP contribution in [0.3, 0.4) is 0 Å². The van der Waals surface area contributed by atoms with Gasteiger partial charge in [-0.05, 0) is 42.8 Å². The molecule has 0 bridgehead atoms. The minimum atomic E-state index is -3.70. The highest BCUT2D eigenvalue weighted by Crippen LogP contribution is 2.24. The van der Waals surface area contributed by atoms with Crippen molar-refractivity contribution in [3.05, 3.63) is 53.4 Å². The number of hydrogen-bond acceptors (Lipinski definition) is 4. The first-order chi connectivity index (χ1) is 9.95. The normalized spacial score (nSPS) is 11.7. The van der Waals surface area contributed by atoms with Crippen LogP contribution in [-0.4, -0.2) is 13.4 Å². The SMILES string of the molecule is Cc1cc(Cl)ccc1NS(=O)(=O)c1ccc2ncoc2c1. The maximum Gasteiger partial charge on any atom is 0.262 e. The molecule has 0 saturated heterocycles. The Morgan fingerprint density at radius 2 is 2.00 bits per heavy atom. The molecule has 1 heterocycles. The molecule has 0 spiro atoms. The first kappa shape index (κ1) is 13.9. The molecule has 3 rings (SSSR count). The number of benzene rings is 2. The zero-order valence-electron chi connectivity index (χ0n) is 11.0. The molecule has 0 aliphatic heterocycles. The van der Waals surface area contributed by atoms with E-state index >= 15 is 0 Å². The molecule has 1 N–H and O–H groups in total. The van der Waals surface area contributed by atoms with Crippen molar-refractivity contribution in [3.8, 4) is 0 Å². The van der Waals surface area contributed by atoms with Gasteiger partial charge < -0.3 is 4.42 Å². The molecule has 2 aromatic carbocycles. The first-order valence-electron chi connectivity index (χ1n) is 6.08. The second-order valence-electron chi connectivity index (χ2n) is 4.55. The molecular formula is C14H11ClN2O3S. The maximum atomic E-state index is 12.4. The van der Waals surface area contributed by atoms with Crippen LogP contribution >= 0.6 is 11.6 Å². The van der Waals surface area contributed by atoms with Gasteiger partial charge in [-0.1, -0.05) is 11.6 Å². The largest absolute Gasteiger partial charge is 0.443 e. The average Bonchev–Trinajstić information content (AvgIpc) is 2.89. The van der Waals surface area contributed by atoms with Crippen molar-refractivity contribution in [3.63, 3.8) is 0 Å². The molecule has 0 aliphatic carbocycles. The lowest BCUT2D eigenvalue weighted by molar-refractivity contribution is 0.594. The topological polar surface area (TPSA) is 72.2 Å². The van der Waals surface area contributed by atoms with Gasteiger partial charge in [0.1, 0.15) is 5.52 Å². The van der Waals surface area contributed by atoms with Crippen molar-refractivity contribution < 1.29 is 12.8 Å². The van der Waals surface area contributed by atoms with E-state index in [2.05, 4.69) is 9.71 Å². The third-order valence-corrected chi connectivity index (χ3v) is 4.64. The Morgan fingerprint density at radius 1 is 1.19 bits per heavy atom. The van der Waals surface area contributed by atoms with E-state index in [1.54, 1.807) is 31.2 Å². The maximum absolute atomic E-state index is 12.4. The van der Waals surface area contributed by atoms with Gasteiger partial charge in [-0.25, -0.2) is 13.4 Å². The van der Waals surface area contributed by atoms with Gasteiger partial charge in [-0.3, -0.25) is 4.72 Å². The van der Waals surface area contributed by atoms with Crippen LogP contribution in [0.15, 0.2) is 52.1 Å². The van der Waals surface area contributed by atoms with Gasteiger partial charge in [-0.15, -0.1) is 0 Å². The summed E-state index contributed by atoms with van der Waals surface area (Å²) in [6.45, 7) is 1.78. The summed E-state index contributed by atoms with van der Waals surface area (Å²) < 4.78 is 32.5. The number of rotatable bonds is 3. The lowest BCUT2D eigenvalue weighted by Crippen LogP contribution is -2.13. The third kappa shape index (κ3) is 2.72. The highest BCUT2D eigenvalue weighted by atomic mass is 35.5. The lowest BCUT2D eigenvalue weighted by atomic mass is 10.2. The molecule has 0 atom stereocenters. The highest BCUT2D eigenvalue weighted by molar-refractivity contribution is 7.92. The average molecular weight is 323 g/mol. The second-order valence-corrected chi connectivity index (χ2v) is 6.67. The summed E-state index contributed by atoms with van der Waals surface area (Å²) in [6, 6.07) is 9.48. The predicted octanol–water partition coefficient (Wildman–Crippen LogP) is 3.59. The highest BCUT2D eigenvalue weighted by Gasteiger charge is 2.16. The molecule has 0 amide bonds. The van der Waals surface area contributed by atoms with Crippen LogP contribution in [-0.2, 0) is 10.0 Å². The Hall–Kier alpha value is -2.05. The van der Waals surface area contributed by atoms with Crippen LogP contribution in [0.2, 0.25) is 5.02 Å². The van der Waals surface area contributed by atoms with E-state index in [-0.39, 0.29) is 4.90 Å². The van der Waals surface area contributed by atoms with Crippen LogP contribution in [0.5, 0.6) is 0 Å². The summed E-state index contributed by atoms with van der Waals surface area (Å²) >= 11 is 5.86.